The Kier molecular flexibility index (Phi) is 5.27. The lowest BCUT2D eigenvalue weighted by Gasteiger charge is -2.32. The number of hydrogen-bond acceptors (Lipinski definition) is 3. The van der Waals surface area contributed by atoms with Gasteiger partial charge in [-0.15, -0.1) is 0 Å². The Bertz CT molecular complexity index is 463. The number of aromatic nitrogens is 1. The fraction of sp³-hybridized carbons (Fsp3) is 0.615. The summed E-state index contributed by atoms with van der Waals surface area (Å²) < 4.78 is 37.6. The predicted molar refractivity (Wildman–Crippen MR) is 74.8 cm³/mol. The van der Waals surface area contributed by atoms with Crippen molar-refractivity contribution in [2.45, 2.75) is 38.9 Å². The van der Waals surface area contributed by atoms with Crippen molar-refractivity contribution in [2.24, 2.45) is 11.7 Å². The van der Waals surface area contributed by atoms with Crippen molar-refractivity contribution in [3.63, 3.8) is 0 Å². The molecule has 0 aliphatic carbocycles. The number of anilines is 1. The number of nitrogens with one attached hydrogen (secondary N) is 1. The molecule has 0 bridgehead atoms. The molecule has 0 spiro atoms. The van der Waals surface area contributed by atoms with E-state index in [1.165, 1.54) is 0 Å². The number of nitrogens with two attached hydrogens (primary N) is 1. The molecule has 114 valence electrons. The van der Waals surface area contributed by atoms with Crippen molar-refractivity contribution >= 4 is 17.4 Å². The molecule has 1 heterocycles. The van der Waals surface area contributed by atoms with Crippen LogP contribution in [-0.4, -0.2) is 17.1 Å². The Morgan fingerprint density at radius 2 is 2.00 bits per heavy atom. The van der Waals surface area contributed by atoms with Gasteiger partial charge in [0.2, 0.25) is 0 Å². The van der Waals surface area contributed by atoms with Crippen molar-refractivity contribution in [1.29, 1.82) is 0 Å². The summed E-state index contributed by atoms with van der Waals surface area (Å²) in [5.41, 5.74) is 4.40. The van der Waals surface area contributed by atoms with E-state index < -0.39 is 17.3 Å². The largest absolute Gasteiger partial charge is 0.417 e. The fourth-order valence-electron chi connectivity index (χ4n) is 2.06. The first-order chi connectivity index (χ1) is 9.07. The summed E-state index contributed by atoms with van der Waals surface area (Å²) in [4.78, 5) is 3.77. The van der Waals surface area contributed by atoms with Crippen molar-refractivity contribution in [2.75, 3.05) is 11.9 Å². The third-order valence-corrected chi connectivity index (χ3v) is 3.19. The van der Waals surface area contributed by atoms with E-state index in [-0.39, 0.29) is 10.8 Å². The summed E-state index contributed by atoms with van der Waals surface area (Å²) in [7, 11) is 0. The van der Waals surface area contributed by atoms with Crippen LogP contribution in [0.3, 0.4) is 0 Å². The van der Waals surface area contributed by atoms with Crippen LogP contribution < -0.4 is 11.1 Å². The molecule has 7 heteroatoms. The van der Waals surface area contributed by atoms with Crippen LogP contribution in [0.5, 0.6) is 0 Å². The molecule has 0 aliphatic rings. The van der Waals surface area contributed by atoms with Gasteiger partial charge in [0.15, 0.2) is 0 Å². The van der Waals surface area contributed by atoms with E-state index in [1.54, 1.807) is 0 Å². The molecule has 0 saturated carbocycles. The van der Waals surface area contributed by atoms with Crippen molar-refractivity contribution in [3.05, 3.63) is 22.8 Å². The van der Waals surface area contributed by atoms with Gasteiger partial charge in [-0.25, -0.2) is 4.98 Å². The quantitative estimate of drug-likeness (QED) is 0.866. The van der Waals surface area contributed by atoms with Gasteiger partial charge in [-0.05, 0) is 25.3 Å². The van der Waals surface area contributed by atoms with E-state index in [2.05, 4.69) is 10.3 Å². The molecule has 3 N–H and O–H groups in total. The number of hydrogen-bond donors (Lipinski definition) is 2. The molecule has 1 unspecified atom stereocenters. The van der Waals surface area contributed by atoms with Gasteiger partial charge in [-0.2, -0.15) is 13.2 Å². The summed E-state index contributed by atoms with van der Waals surface area (Å²) in [6.45, 7) is 6.29. The second kappa shape index (κ2) is 6.18. The Hall–Kier alpha value is -1.01. The minimum absolute atomic E-state index is 0.0664. The highest BCUT2D eigenvalue weighted by Gasteiger charge is 2.32. The van der Waals surface area contributed by atoms with E-state index in [9.17, 15) is 13.2 Å². The zero-order chi connectivity index (χ0) is 15.6. The highest BCUT2D eigenvalue weighted by molar-refractivity contribution is 6.33. The van der Waals surface area contributed by atoms with Gasteiger partial charge in [-0.1, -0.05) is 25.4 Å². The first-order valence-electron chi connectivity index (χ1n) is 6.28. The molecule has 3 nitrogen and oxygen atoms in total. The van der Waals surface area contributed by atoms with Gasteiger partial charge in [0.25, 0.3) is 0 Å². The fourth-order valence-corrected chi connectivity index (χ4v) is 2.27. The Morgan fingerprint density at radius 1 is 1.40 bits per heavy atom. The van der Waals surface area contributed by atoms with E-state index >= 15 is 0 Å². The monoisotopic (exact) mass is 309 g/mol. The zero-order valence-electron chi connectivity index (χ0n) is 11.7. The number of halogens is 4. The Morgan fingerprint density at radius 3 is 2.40 bits per heavy atom. The average molecular weight is 310 g/mol. The van der Waals surface area contributed by atoms with Crippen LogP contribution in [0.1, 0.15) is 32.8 Å². The Balaban J connectivity index is 2.98. The molecule has 1 rings (SSSR count). The minimum atomic E-state index is -4.45. The topological polar surface area (TPSA) is 50.9 Å². The normalized spacial score (nSPS) is 15.2. The standard InChI is InChI=1S/C13H19ClF3N3/c1-8(2)5-12(3,7-18)20-11-10(14)4-9(6-19-11)13(15,16)17/h4,6,8H,5,7,18H2,1-3H3,(H,19,20). The molecule has 1 aromatic rings. The summed E-state index contributed by atoms with van der Waals surface area (Å²) >= 11 is 5.87. The lowest BCUT2D eigenvalue weighted by Crippen LogP contribution is -2.44. The first kappa shape index (κ1) is 17.0. The van der Waals surface area contributed by atoms with Gasteiger partial charge in [0.05, 0.1) is 10.6 Å². The van der Waals surface area contributed by atoms with Gasteiger partial charge in [0.1, 0.15) is 5.82 Å². The highest BCUT2D eigenvalue weighted by atomic mass is 35.5. The number of nitrogens with zero attached hydrogens (tertiary/aromatic N) is 1. The lowest BCUT2D eigenvalue weighted by atomic mass is 9.91. The van der Waals surface area contributed by atoms with Crippen LogP contribution >= 0.6 is 11.6 Å². The first-order valence-corrected chi connectivity index (χ1v) is 6.66. The van der Waals surface area contributed by atoms with Crippen molar-refractivity contribution < 1.29 is 13.2 Å². The average Bonchev–Trinajstić information content (AvgIpc) is 2.29. The van der Waals surface area contributed by atoms with Gasteiger partial charge in [-0.3, -0.25) is 0 Å². The number of rotatable bonds is 5. The van der Waals surface area contributed by atoms with E-state index in [0.717, 1.165) is 18.7 Å². The van der Waals surface area contributed by atoms with Crippen LogP contribution in [0.25, 0.3) is 0 Å². The molecule has 0 aliphatic heterocycles. The third kappa shape index (κ3) is 4.52. The molecule has 0 aromatic carbocycles. The molecule has 0 radical (unpaired) electrons. The maximum Gasteiger partial charge on any atom is 0.417 e. The van der Waals surface area contributed by atoms with Crippen LogP contribution in [-0.2, 0) is 6.18 Å². The predicted octanol–water partition coefficient (Wildman–Crippen LogP) is 3.93. The summed E-state index contributed by atoms with van der Waals surface area (Å²) in [5.74, 6) is 0.595. The Labute approximate surface area is 121 Å². The van der Waals surface area contributed by atoms with Crippen molar-refractivity contribution in [3.8, 4) is 0 Å². The smallest absolute Gasteiger partial charge is 0.362 e. The molecule has 1 atom stereocenters. The molecular weight excluding hydrogens is 291 g/mol. The van der Waals surface area contributed by atoms with Crippen molar-refractivity contribution in [1.82, 2.24) is 4.98 Å². The molecule has 0 amide bonds. The second-order valence-electron chi connectivity index (χ2n) is 5.54. The lowest BCUT2D eigenvalue weighted by molar-refractivity contribution is -0.137. The van der Waals surface area contributed by atoms with Crippen LogP contribution in [0.15, 0.2) is 12.3 Å². The number of alkyl halides is 3. The summed E-state index contributed by atoms with van der Waals surface area (Å²) in [6, 6.07) is 0.864. The molecular formula is C13H19ClF3N3. The van der Waals surface area contributed by atoms with Gasteiger partial charge < -0.3 is 11.1 Å². The molecule has 0 fully saturated rings. The van der Waals surface area contributed by atoms with Gasteiger partial charge >= 0.3 is 6.18 Å². The summed E-state index contributed by atoms with van der Waals surface area (Å²) in [5, 5.41) is 2.98. The van der Waals surface area contributed by atoms with E-state index in [1.807, 2.05) is 20.8 Å². The number of pyridine rings is 1. The second-order valence-corrected chi connectivity index (χ2v) is 5.95. The molecule has 20 heavy (non-hydrogen) atoms. The van der Waals surface area contributed by atoms with Crippen LogP contribution in [0, 0.1) is 5.92 Å². The highest BCUT2D eigenvalue weighted by Crippen LogP contribution is 2.33. The maximum atomic E-state index is 12.5. The summed E-state index contributed by atoms with van der Waals surface area (Å²) in [6.07, 6.45) is -2.94. The van der Waals surface area contributed by atoms with Gasteiger partial charge in [0, 0.05) is 18.3 Å². The van der Waals surface area contributed by atoms with Crippen LogP contribution in [0.4, 0.5) is 19.0 Å². The van der Waals surface area contributed by atoms with E-state index in [0.29, 0.717) is 12.5 Å². The minimum Gasteiger partial charge on any atom is -0.362 e. The maximum absolute atomic E-state index is 12.5. The van der Waals surface area contributed by atoms with Crippen LogP contribution in [0.2, 0.25) is 5.02 Å². The van der Waals surface area contributed by atoms with E-state index in [4.69, 9.17) is 17.3 Å². The molecule has 0 saturated heterocycles. The zero-order valence-corrected chi connectivity index (χ0v) is 12.4. The third-order valence-electron chi connectivity index (χ3n) is 2.90. The molecule has 1 aromatic heterocycles. The SMILES string of the molecule is CC(C)CC(C)(CN)Nc1ncc(C(F)(F)F)cc1Cl.